The first kappa shape index (κ1) is 25.6. The molecule has 0 aliphatic rings. The summed E-state index contributed by atoms with van der Waals surface area (Å²) in [5.74, 6) is -1.91. The van der Waals surface area contributed by atoms with Crippen LogP contribution in [0.5, 0.6) is 11.5 Å². The molecule has 0 radical (unpaired) electrons. The average molecular weight is 493 g/mol. The number of benzene rings is 2. The quantitative estimate of drug-likeness (QED) is 0.324. The zero-order valence-electron chi connectivity index (χ0n) is 19.9. The molecule has 0 aliphatic carbocycles. The number of imidazole rings is 1. The van der Waals surface area contributed by atoms with Crippen LogP contribution >= 0.6 is 0 Å². The number of hydrogen-bond donors (Lipinski definition) is 1. The summed E-state index contributed by atoms with van der Waals surface area (Å²) < 4.78 is 14.2. The molecule has 4 aromatic rings. The number of nitrogens with zero attached hydrogens (tertiary/aromatic N) is 4. The van der Waals surface area contributed by atoms with Crippen LogP contribution in [0.15, 0.2) is 64.4 Å². The number of nitrogens with two attached hydrogens (primary N) is 1. The Balaban J connectivity index is 0.000000221. The molecule has 0 unspecified atom stereocenters. The summed E-state index contributed by atoms with van der Waals surface area (Å²) >= 11 is 0. The van der Waals surface area contributed by atoms with Crippen LogP contribution in [0.1, 0.15) is 27.6 Å². The molecule has 4 rings (SSSR count). The van der Waals surface area contributed by atoms with Crippen LogP contribution in [0.3, 0.4) is 0 Å². The minimum absolute atomic E-state index is 0.0395. The Morgan fingerprint density at radius 2 is 1.39 bits per heavy atom. The molecule has 186 valence electrons. The van der Waals surface area contributed by atoms with Crippen molar-refractivity contribution in [2.24, 2.45) is 26.9 Å². The summed E-state index contributed by atoms with van der Waals surface area (Å²) in [6, 6.07) is 12.2. The molecule has 0 atom stereocenters. The van der Waals surface area contributed by atoms with E-state index in [4.69, 9.17) is 15.2 Å². The van der Waals surface area contributed by atoms with Crippen molar-refractivity contribution in [3.63, 3.8) is 0 Å². The lowest BCUT2D eigenvalue weighted by atomic mass is 10.2. The van der Waals surface area contributed by atoms with Crippen molar-refractivity contribution in [2.45, 2.75) is 6.92 Å². The summed E-state index contributed by atoms with van der Waals surface area (Å²) in [4.78, 5) is 61.7. The maximum absolute atomic E-state index is 12.2. The molecule has 0 saturated heterocycles. The van der Waals surface area contributed by atoms with E-state index in [9.17, 15) is 24.0 Å². The van der Waals surface area contributed by atoms with Crippen LogP contribution in [0, 0.1) is 0 Å². The van der Waals surface area contributed by atoms with Gasteiger partial charge in [-0.05, 0) is 24.3 Å². The summed E-state index contributed by atoms with van der Waals surface area (Å²) in [7, 11) is 4.77. The first-order valence-corrected chi connectivity index (χ1v) is 10.5. The number of aromatic nitrogens is 4. The highest BCUT2D eigenvalue weighted by atomic mass is 16.5. The molecule has 0 bridgehead atoms. The van der Waals surface area contributed by atoms with Crippen molar-refractivity contribution in [1.82, 2.24) is 18.7 Å². The second kappa shape index (κ2) is 10.5. The molecule has 2 aromatic heterocycles. The second-order valence-corrected chi connectivity index (χ2v) is 7.57. The number of carbonyl (C=O) groups is 3. The molecule has 2 heterocycles. The number of ether oxygens (including phenoxy) is 2. The van der Waals surface area contributed by atoms with Gasteiger partial charge >= 0.3 is 17.6 Å². The van der Waals surface area contributed by atoms with Gasteiger partial charge in [-0.2, -0.15) is 0 Å². The van der Waals surface area contributed by atoms with Crippen LogP contribution in [0.2, 0.25) is 0 Å². The van der Waals surface area contributed by atoms with Crippen molar-refractivity contribution in [3.8, 4) is 11.5 Å². The lowest BCUT2D eigenvalue weighted by molar-refractivity contribution is -0.131. The number of primary amides is 1. The number of esters is 2. The van der Waals surface area contributed by atoms with Crippen LogP contribution < -0.4 is 26.5 Å². The van der Waals surface area contributed by atoms with Gasteiger partial charge in [0.2, 0.25) is 0 Å². The number of para-hydroxylation sites is 2. The maximum Gasteiger partial charge on any atom is 0.347 e. The summed E-state index contributed by atoms with van der Waals surface area (Å²) in [6.07, 6.45) is 1.52. The Hall–Kier alpha value is -5.00. The molecule has 0 fully saturated rings. The fourth-order valence-electron chi connectivity index (χ4n) is 3.26. The number of amides is 1. The van der Waals surface area contributed by atoms with E-state index in [0.717, 1.165) is 4.57 Å². The number of carbonyl (C=O) groups excluding carboxylic acids is 3. The lowest BCUT2D eigenvalue weighted by Crippen LogP contribution is -2.37. The molecule has 36 heavy (non-hydrogen) atoms. The third-order valence-electron chi connectivity index (χ3n) is 5.03. The van der Waals surface area contributed by atoms with Crippen molar-refractivity contribution < 1.29 is 23.9 Å². The van der Waals surface area contributed by atoms with E-state index >= 15 is 0 Å². The molecule has 1 amide bonds. The molecule has 0 spiro atoms. The smallest absolute Gasteiger partial charge is 0.347 e. The Bertz CT molecular complexity index is 1600. The maximum atomic E-state index is 12.2. The molecular formula is C24H23N5O7. The highest BCUT2D eigenvalue weighted by molar-refractivity contribution is 5.99. The Morgan fingerprint density at radius 3 is 1.97 bits per heavy atom. The fourth-order valence-corrected chi connectivity index (χ4v) is 3.26. The molecule has 2 N–H and O–H groups in total. The molecule has 12 nitrogen and oxygen atoms in total. The molecular weight excluding hydrogens is 470 g/mol. The van der Waals surface area contributed by atoms with Crippen LogP contribution in [-0.2, 0) is 25.9 Å². The topological polar surface area (TPSA) is 158 Å². The monoisotopic (exact) mass is 493 g/mol. The molecule has 0 aliphatic heterocycles. The Labute approximate surface area is 204 Å². The predicted octanol–water partition coefficient (Wildman–Crippen LogP) is 0.901. The summed E-state index contributed by atoms with van der Waals surface area (Å²) in [5.41, 5.74) is 5.56. The minimum Gasteiger partial charge on any atom is -0.426 e. The summed E-state index contributed by atoms with van der Waals surface area (Å²) in [6.45, 7) is 1.23. The van der Waals surface area contributed by atoms with E-state index in [0.29, 0.717) is 11.2 Å². The first-order valence-electron chi connectivity index (χ1n) is 10.5. The van der Waals surface area contributed by atoms with Gasteiger partial charge in [0.05, 0.1) is 11.9 Å². The van der Waals surface area contributed by atoms with Gasteiger partial charge < -0.3 is 19.8 Å². The Morgan fingerprint density at radius 1 is 0.833 bits per heavy atom. The van der Waals surface area contributed by atoms with E-state index in [2.05, 4.69) is 4.98 Å². The predicted molar refractivity (Wildman–Crippen MR) is 129 cm³/mol. The van der Waals surface area contributed by atoms with Gasteiger partial charge in [-0.1, -0.05) is 24.3 Å². The number of hydrogen-bond acceptors (Lipinski definition) is 8. The van der Waals surface area contributed by atoms with E-state index in [1.165, 1.54) is 49.1 Å². The third kappa shape index (κ3) is 5.22. The highest BCUT2D eigenvalue weighted by Gasteiger charge is 2.18. The lowest BCUT2D eigenvalue weighted by Gasteiger charge is -2.10. The zero-order chi connectivity index (χ0) is 26.6. The van der Waals surface area contributed by atoms with E-state index in [-0.39, 0.29) is 33.9 Å². The van der Waals surface area contributed by atoms with E-state index in [1.54, 1.807) is 42.9 Å². The zero-order valence-corrected chi connectivity index (χ0v) is 19.9. The fraction of sp³-hybridized carbons (Fsp3) is 0.167. The van der Waals surface area contributed by atoms with Gasteiger partial charge in [0.1, 0.15) is 17.1 Å². The average Bonchev–Trinajstić information content (AvgIpc) is 3.23. The second-order valence-electron chi connectivity index (χ2n) is 7.57. The van der Waals surface area contributed by atoms with Crippen molar-refractivity contribution in [2.75, 3.05) is 0 Å². The highest BCUT2D eigenvalue weighted by Crippen LogP contribution is 2.23. The van der Waals surface area contributed by atoms with Gasteiger partial charge in [-0.3, -0.25) is 23.5 Å². The standard InChI is InChI=1S/C16H13NO5.C8H10N4O2/c1-10(18)21-14-9-5-3-7-12(14)16(20)22-13-8-4-2-6-11(13)15(17)19;1-10-4-9-6-5(10)7(13)12(3)8(14)11(6)2/h2-9H,1H3,(H2,17,19);4H,1-3H3. The number of aryl methyl sites for hydroxylation is 2. The third-order valence-corrected chi connectivity index (χ3v) is 5.03. The van der Waals surface area contributed by atoms with E-state index < -0.39 is 17.8 Å². The number of rotatable bonds is 4. The van der Waals surface area contributed by atoms with Gasteiger partial charge in [0, 0.05) is 28.1 Å². The molecule has 12 heteroatoms. The normalized spacial score (nSPS) is 10.3. The van der Waals surface area contributed by atoms with Crippen molar-refractivity contribution in [3.05, 3.63) is 86.8 Å². The van der Waals surface area contributed by atoms with Gasteiger partial charge in [-0.25, -0.2) is 14.6 Å². The van der Waals surface area contributed by atoms with E-state index in [1.807, 2.05) is 0 Å². The van der Waals surface area contributed by atoms with Crippen LogP contribution in [0.4, 0.5) is 0 Å². The largest absolute Gasteiger partial charge is 0.426 e. The summed E-state index contributed by atoms with van der Waals surface area (Å²) in [5, 5.41) is 0. The Kier molecular flexibility index (Phi) is 7.48. The van der Waals surface area contributed by atoms with Crippen molar-refractivity contribution in [1.29, 1.82) is 0 Å². The van der Waals surface area contributed by atoms with Crippen LogP contribution in [-0.4, -0.2) is 36.5 Å². The van der Waals surface area contributed by atoms with Gasteiger partial charge in [-0.15, -0.1) is 0 Å². The van der Waals surface area contributed by atoms with Crippen LogP contribution in [0.25, 0.3) is 11.2 Å². The first-order chi connectivity index (χ1) is 17.0. The minimum atomic E-state index is -0.759. The number of fused-ring (bicyclic) bond motifs is 1. The van der Waals surface area contributed by atoms with Crippen molar-refractivity contribution >= 4 is 29.0 Å². The molecule has 0 saturated carbocycles. The SMILES string of the molecule is CC(=O)Oc1ccccc1C(=O)Oc1ccccc1C(N)=O.Cn1c(=O)c2c(ncn2C)n(C)c1=O. The van der Waals surface area contributed by atoms with Gasteiger partial charge in [0.25, 0.3) is 11.5 Å². The van der Waals surface area contributed by atoms with Gasteiger partial charge in [0.15, 0.2) is 11.2 Å². The molecule has 2 aromatic carbocycles.